The highest BCUT2D eigenvalue weighted by molar-refractivity contribution is 6.39. The second-order valence-corrected chi connectivity index (χ2v) is 11.7. The summed E-state index contributed by atoms with van der Waals surface area (Å²) >= 11 is 13.9. The molecule has 1 unspecified atom stereocenters. The molecular formula is C34H27Cl2N5O6. The van der Waals surface area contributed by atoms with Crippen molar-refractivity contribution in [2.45, 2.75) is 25.4 Å². The number of ether oxygens (including phenoxy) is 1. The number of carbonyl (C=O) groups is 3. The number of benzene rings is 2. The quantitative estimate of drug-likeness (QED) is 0.182. The summed E-state index contributed by atoms with van der Waals surface area (Å²) in [6.45, 7) is -0.101. The first-order chi connectivity index (χ1) is 22.7. The molecule has 0 saturated carbocycles. The third kappa shape index (κ3) is 6.27. The molecule has 1 fully saturated rings. The molecule has 1 aliphatic heterocycles. The standard InChI is InChI=1S/C34H27Cl2N5O6/c1-47-32-20(18-42)8-10-27(39-32)26-7-3-6-25(31(26)36)24-5-2-4-23(30(24)35)19-12-13-41-28(14-19)37-15-21(33(41)44)16-40(34(45)46)17-22-9-11-29(43)38-22/h2-8,10,12-15,18,22H,9,11,16-17H2,1H3,(H,38,43)(H,45,46). The number of fused-ring (bicyclic) bond motifs is 1. The van der Waals surface area contributed by atoms with Crippen molar-refractivity contribution >= 4 is 47.1 Å². The van der Waals surface area contributed by atoms with Crippen molar-refractivity contribution in [1.29, 1.82) is 0 Å². The van der Waals surface area contributed by atoms with Gasteiger partial charge in [0.1, 0.15) is 5.65 Å². The van der Waals surface area contributed by atoms with Crippen molar-refractivity contribution in [3.63, 3.8) is 0 Å². The zero-order valence-corrected chi connectivity index (χ0v) is 26.5. The molecule has 2 amide bonds. The lowest BCUT2D eigenvalue weighted by Gasteiger charge is -2.22. The van der Waals surface area contributed by atoms with Gasteiger partial charge in [-0.2, -0.15) is 0 Å². The second kappa shape index (κ2) is 13.2. The van der Waals surface area contributed by atoms with Crippen molar-refractivity contribution in [2.24, 2.45) is 0 Å². The fourth-order valence-electron chi connectivity index (χ4n) is 5.64. The SMILES string of the molecule is COc1nc(-c2cccc(-c3cccc(-c4ccn5c(=O)c(CN(CC6CCC(=O)N6)C(=O)O)cnc5c4)c3Cl)c2Cl)ccc1C=O. The number of nitrogens with zero attached hydrogens (tertiary/aromatic N) is 4. The Bertz CT molecular complexity index is 2120. The molecule has 11 nitrogen and oxygen atoms in total. The maximum absolute atomic E-state index is 13.4. The van der Waals surface area contributed by atoms with Gasteiger partial charge in [0.15, 0.2) is 6.29 Å². The molecule has 0 bridgehead atoms. The molecule has 238 valence electrons. The van der Waals surface area contributed by atoms with Gasteiger partial charge in [-0.25, -0.2) is 14.8 Å². The van der Waals surface area contributed by atoms with Crippen molar-refractivity contribution in [3.05, 3.63) is 105 Å². The fraction of sp³-hybridized carbons (Fsp3) is 0.176. The minimum Gasteiger partial charge on any atom is -0.480 e. The van der Waals surface area contributed by atoms with Crippen LogP contribution < -0.4 is 15.6 Å². The molecule has 0 radical (unpaired) electrons. The third-order valence-corrected chi connectivity index (χ3v) is 8.84. The lowest BCUT2D eigenvalue weighted by atomic mass is 9.97. The summed E-state index contributed by atoms with van der Waals surface area (Å²) in [5.41, 5.74) is 4.32. The highest BCUT2D eigenvalue weighted by Gasteiger charge is 2.26. The van der Waals surface area contributed by atoms with Crippen LogP contribution >= 0.6 is 23.2 Å². The maximum atomic E-state index is 13.4. The number of pyridine rings is 2. The van der Waals surface area contributed by atoms with Gasteiger partial charge in [0, 0.05) is 53.7 Å². The Morgan fingerprint density at radius 3 is 2.43 bits per heavy atom. The highest BCUT2D eigenvalue weighted by Crippen LogP contribution is 2.42. The molecule has 0 spiro atoms. The molecule has 1 saturated heterocycles. The molecule has 1 aliphatic rings. The van der Waals surface area contributed by atoms with Crippen LogP contribution in [0.25, 0.3) is 39.2 Å². The Hall–Kier alpha value is -5.26. The molecule has 0 aliphatic carbocycles. The highest BCUT2D eigenvalue weighted by atomic mass is 35.5. The minimum atomic E-state index is -1.20. The minimum absolute atomic E-state index is 0.0705. The van der Waals surface area contributed by atoms with Crippen LogP contribution in [0.3, 0.4) is 0 Å². The van der Waals surface area contributed by atoms with E-state index in [1.54, 1.807) is 30.5 Å². The molecule has 2 N–H and O–H groups in total. The third-order valence-electron chi connectivity index (χ3n) is 8.02. The van der Waals surface area contributed by atoms with Crippen LogP contribution in [0.5, 0.6) is 5.88 Å². The maximum Gasteiger partial charge on any atom is 0.407 e. The predicted molar refractivity (Wildman–Crippen MR) is 177 cm³/mol. The van der Waals surface area contributed by atoms with Gasteiger partial charge >= 0.3 is 6.09 Å². The van der Waals surface area contributed by atoms with Gasteiger partial charge in [0.25, 0.3) is 5.56 Å². The van der Waals surface area contributed by atoms with E-state index in [0.29, 0.717) is 73.9 Å². The first kappa shape index (κ1) is 31.7. The summed E-state index contributed by atoms with van der Waals surface area (Å²) in [7, 11) is 1.44. The molecule has 47 heavy (non-hydrogen) atoms. The molecule has 3 aromatic heterocycles. The zero-order chi connectivity index (χ0) is 33.2. The first-order valence-electron chi connectivity index (χ1n) is 14.5. The normalized spacial score (nSPS) is 14.2. The molecule has 6 rings (SSSR count). The zero-order valence-electron chi connectivity index (χ0n) is 24.9. The van der Waals surface area contributed by atoms with Gasteiger partial charge < -0.3 is 20.1 Å². The number of hydrogen-bond acceptors (Lipinski definition) is 7. The van der Waals surface area contributed by atoms with Crippen molar-refractivity contribution in [3.8, 4) is 39.4 Å². The first-order valence-corrected chi connectivity index (χ1v) is 15.3. The van der Waals surface area contributed by atoms with E-state index in [2.05, 4.69) is 15.3 Å². The summed E-state index contributed by atoms with van der Waals surface area (Å²) in [6.07, 6.45) is 3.30. The average Bonchev–Trinajstić information content (AvgIpc) is 3.49. The number of carbonyl (C=O) groups excluding carboxylic acids is 2. The average molecular weight is 673 g/mol. The molecule has 13 heteroatoms. The number of aromatic nitrogens is 3. The lowest BCUT2D eigenvalue weighted by molar-refractivity contribution is -0.119. The monoisotopic (exact) mass is 671 g/mol. The smallest absolute Gasteiger partial charge is 0.407 e. The second-order valence-electron chi connectivity index (χ2n) is 10.9. The predicted octanol–water partition coefficient (Wildman–Crippen LogP) is 5.98. The topological polar surface area (TPSA) is 143 Å². The molecule has 2 aromatic carbocycles. The van der Waals surface area contributed by atoms with Crippen LogP contribution in [0.2, 0.25) is 10.0 Å². The van der Waals surface area contributed by atoms with Crippen LogP contribution in [0.15, 0.2) is 77.9 Å². The van der Waals surface area contributed by atoms with E-state index in [9.17, 15) is 24.3 Å². The van der Waals surface area contributed by atoms with Crippen molar-refractivity contribution in [2.75, 3.05) is 13.7 Å². The summed E-state index contributed by atoms with van der Waals surface area (Å²) < 4.78 is 6.62. The Balaban J connectivity index is 1.31. The number of halogens is 2. The summed E-state index contributed by atoms with van der Waals surface area (Å²) in [6, 6.07) is 17.5. The van der Waals surface area contributed by atoms with Gasteiger partial charge in [-0.1, -0.05) is 59.6 Å². The molecule has 4 heterocycles. The Morgan fingerprint density at radius 2 is 1.77 bits per heavy atom. The largest absolute Gasteiger partial charge is 0.480 e. The van der Waals surface area contributed by atoms with Crippen molar-refractivity contribution in [1.82, 2.24) is 24.6 Å². The van der Waals surface area contributed by atoms with E-state index in [1.165, 1.54) is 17.7 Å². The Labute approximate surface area is 278 Å². The van der Waals surface area contributed by atoms with Crippen molar-refractivity contribution < 1.29 is 24.2 Å². The summed E-state index contributed by atoms with van der Waals surface area (Å²) in [4.78, 5) is 58.2. The number of amides is 2. The number of methoxy groups -OCH3 is 1. The van der Waals surface area contributed by atoms with Crippen LogP contribution in [0.4, 0.5) is 4.79 Å². The number of nitrogens with one attached hydrogen (secondary N) is 1. The molecule has 5 aromatic rings. The van der Waals surface area contributed by atoms with Gasteiger partial charge in [0.2, 0.25) is 11.8 Å². The van der Waals surface area contributed by atoms with Gasteiger partial charge in [0.05, 0.1) is 40.5 Å². The number of hydrogen-bond donors (Lipinski definition) is 2. The van der Waals surface area contributed by atoms with Crippen LogP contribution in [-0.4, -0.2) is 62.4 Å². The van der Waals surface area contributed by atoms with Crippen LogP contribution in [-0.2, 0) is 11.3 Å². The van der Waals surface area contributed by atoms with E-state index >= 15 is 0 Å². The number of rotatable bonds is 9. The van der Waals surface area contributed by atoms with E-state index in [0.717, 1.165) is 4.90 Å². The number of aldehydes is 1. The fourth-order valence-corrected chi connectivity index (χ4v) is 6.30. The lowest BCUT2D eigenvalue weighted by Crippen LogP contribution is -2.42. The van der Waals surface area contributed by atoms with E-state index in [1.807, 2.05) is 36.4 Å². The van der Waals surface area contributed by atoms with Crippen LogP contribution in [0.1, 0.15) is 28.8 Å². The number of carboxylic acid groups (broad SMARTS) is 1. The molecular weight excluding hydrogens is 645 g/mol. The Kier molecular flexibility index (Phi) is 8.93. The van der Waals surface area contributed by atoms with Gasteiger partial charge in [-0.3, -0.25) is 18.8 Å². The van der Waals surface area contributed by atoms with E-state index in [-0.39, 0.29) is 36.5 Å². The Morgan fingerprint density at radius 1 is 1.06 bits per heavy atom. The van der Waals surface area contributed by atoms with Gasteiger partial charge in [-0.15, -0.1) is 0 Å². The summed E-state index contributed by atoms with van der Waals surface area (Å²) in [5.74, 6) is 0.0693. The van der Waals surface area contributed by atoms with E-state index < -0.39 is 11.7 Å². The van der Waals surface area contributed by atoms with E-state index in [4.69, 9.17) is 27.9 Å². The summed E-state index contributed by atoms with van der Waals surface area (Å²) in [5, 5.41) is 13.3. The van der Waals surface area contributed by atoms with Crippen LogP contribution in [0, 0.1) is 0 Å². The van der Waals surface area contributed by atoms with Gasteiger partial charge in [-0.05, 0) is 36.2 Å². The molecule has 1 atom stereocenters.